The van der Waals surface area contributed by atoms with E-state index in [-0.39, 0.29) is 25.5 Å². The number of anilines is 2. The van der Waals surface area contributed by atoms with Crippen molar-refractivity contribution in [3.8, 4) is 0 Å². The Morgan fingerprint density at radius 1 is 1.14 bits per heavy atom. The first-order valence-electron chi connectivity index (χ1n) is 9.34. The molecule has 1 fully saturated rings. The van der Waals surface area contributed by atoms with Gasteiger partial charge in [0, 0.05) is 28.8 Å². The zero-order valence-electron chi connectivity index (χ0n) is 16.6. The Hall–Kier alpha value is -2.67. The highest BCUT2D eigenvalue weighted by Crippen LogP contribution is 2.27. The van der Waals surface area contributed by atoms with Gasteiger partial charge in [-0.25, -0.2) is 0 Å². The minimum absolute atomic E-state index is 0.0826. The number of rotatable bonds is 5. The van der Waals surface area contributed by atoms with Crippen LogP contribution < -0.4 is 10.2 Å². The molecule has 0 aliphatic carbocycles. The third-order valence-electron chi connectivity index (χ3n) is 4.78. The van der Waals surface area contributed by atoms with Crippen molar-refractivity contribution in [3.05, 3.63) is 57.6 Å². The molecule has 1 aliphatic rings. The van der Waals surface area contributed by atoms with Crippen molar-refractivity contribution in [2.45, 2.75) is 27.2 Å². The van der Waals surface area contributed by atoms with Crippen LogP contribution >= 0.6 is 15.9 Å². The summed E-state index contributed by atoms with van der Waals surface area (Å²) in [5, 5.41) is 2.72. The number of esters is 1. The normalized spacial score (nSPS) is 16.1. The summed E-state index contributed by atoms with van der Waals surface area (Å²) in [6, 6.07) is 11.4. The number of nitrogens with one attached hydrogen (secondary N) is 1. The summed E-state index contributed by atoms with van der Waals surface area (Å²) in [5.41, 5.74) is 4.44. The Kier molecular flexibility index (Phi) is 6.37. The van der Waals surface area contributed by atoms with E-state index >= 15 is 0 Å². The highest BCUT2D eigenvalue weighted by atomic mass is 79.9. The van der Waals surface area contributed by atoms with Crippen LogP contribution in [0.3, 0.4) is 0 Å². The predicted molar refractivity (Wildman–Crippen MR) is 115 cm³/mol. The number of amides is 2. The third-order valence-corrected chi connectivity index (χ3v) is 5.28. The first-order valence-corrected chi connectivity index (χ1v) is 10.1. The monoisotopic (exact) mass is 458 g/mol. The summed E-state index contributed by atoms with van der Waals surface area (Å²) in [6.07, 6.45) is 0.0826. The number of hydrogen-bond donors (Lipinski definition) is 1. The molecule has 6 nitrogen and oxygen atoms in total. The molecule has 1 atom stereocenters. The van der Waals surface area contributed by atoms with Crippen LogP contribution in [0.25, 0.3) is 0 Å². The maximum atomic E-state index is 12.4. The van der Waals surface area contributed by atoms with Crippen LogP contribution in [0.2, 0.25) is 0 Å². The molecule has 29 heavy (non-hydrogen) atoms. The molecule has 0 saturated carbocycles. The smallest absolute Gasteiger partial charge is 0.311 e. The Morgan fingerprint density at radius 2 is 1.83 bits per heavy atom. The van der Waals surface area contributed by atoms with Crippen LogP contribution in [0.1, 0.15) is 23.1 Å². The molecule has 2 amide bonds. The van der Waals surface area contributed by atoms with Gasteiger partial charge in [-0.05, 0) is 67.8 Å². The molecule has 1 aliphatic heterocycles. The highest BCUT2D eigenvalue weighted by molar-refractivity contribution is 9.10. The fourth-order valence-corrected chi connectivity index (χ4v) is 3.91. The second kappa shape index (κ2) is 8.78. The quantitative estimate of drug-likeness (QED) is 0.689. The van der Waals surface area contributed by atoms with Crippen molar-refractivity contribution >= 4 is 45.1 Å². The molecule has 0 aromatic heterocycles. The zero-order valence-corrected chi connectivity index (χ0v) is 18.2. The SMILES string of the molecule is Cc1cc(C)cc(N2C[C@@H](C(=O)OCC(=O)Nc3ccc(Br)cc3C)CC2=O)c1. The minimum atomic E-state index is -0.578. The lowest BCUT2D eigenvalue weighted by molar-refractivity contribution is -0.151. The highest BCUT2D eigenvalue weighted by Gasteiger charge is 2.36. The molecule has 1 heterocycles. The van der Waals surface area contributed by atoms with E-state index in [2.05, 4.69) is 21.2 Å². The van der Waals surface area contributed by atoms with E-state index in [0.717, 1.165) is 26.9 Å². The molecule has 0 spiro atoms. The molecule has 0 radical (unpaired) electrons. The van der Waals surface area contributed by atoms with Crippen LogP contribution in [0.5, 0.6) is 0 Å². The number of hydrogen-bond acceptors (Lipinski definition) is 4. The number of ether oxygens (including phenoxy) is 1. The van der Waals surface area contributed by atoms with Gasteiger partial charge in [-0.15, -0.1) is 0 Å². The number of aryl methyl sites for hydroxylation is 3. The van der Waals surface area contributed by atoms with Gasteiger partial charge in [0.1, 0.15) is 0 Å². The summed E-state index contributed by atoms with van der Waals surface area (Å²) >= 11 is 3.37. The fourth-order valence-electron chi connectivity index (χ4n) is 3.43. The molecule has 3 rings (SSSR count). The van der Waals surface area contributed by atoms with Crippen molar-refractivity contribution < 1.29 is 19.1 Å². The summed E-state index contributed by atoms with van der Waals surface area (Å²) in [4.78, 5) is 38.5. The lowest BCUT2D eigenvalue weighted by atomic mass is 10.1. The van der Waals surface area contributed by atoms with Crippen molar-refractivity contribution in [1.82, 2.24) is 0 Å². The lowest BCUT2D eigenvalue weighted by Crippen LogP contribution is -2.28. The Morgan fingerprint density at radius 3 is 2.48 bits per heavy atom. The van der Waals surface area contributed by atoms with Crippen LogP contribution in [0.4, 0.5) is 11.4 Å². The van der Waals surface area contributed by atoms with Gasteiger partial charge in [0.25, 0.3) is 5.91 Å². The Balaban J connectivity index is 1.56. The van der Waals surface area contributed by atoms with Gasteiger partial charge >= 0.3 is 5.97 Å². The van der Waals surface area contributed by atoms with Gasteiger partial charge < -0.3 is 15.0 Å². The van der Waals surface area contributed by atoms with E-state index in [0.29, 0.717) is 5.69 Å². The summed E-state index contributed by atoms with van der Waals surface area (Å²) in [6.45, 7) is 5.68. The maximum absolute atomic E-state index is 12.4. The van der Waals surface area contributed by atoms with Crippen LogP contribution in [0, 0.1) is 26.7 Å². The Labute approximate surface area is 178 Å². The number of nitrogens with zero attached hydrogens (tertiary/aromatic N) is 1. The van der Waals surface area contributed by atoms with E-state index in [1.165, 1.54) is 0 Å². The zero-order chi connectivity index (χ0) is 21.1. The van der Waals surface area contributed by atoms with E-state index in [1.54, 1.807) is 11.0 Å². The van der Waals surface area contributed by atoms with Gasteiger partial charge in [0.05, 0.1) is 5.92 Å². The van der Waals surface area contributed by atoms with Gasteiger partial charge in [0.15, 0.2) is 6.61 Å². The lowest BCUT2D eigenvalue weighted by Gasteiger charge is -2.18. The topological polar surface area (TPSA) is 75.7 Å². The van der Waals surface area contributed by atoms with Gasteiger partial charge in [-0.1, -0.05) is 22.0 Å². The van der Waals surface area contributed by atoms with Crippen LogP contribution in [0.15, 0.2) is 40.9 Å². The molecule has 2 aromatic rings. The van der Waals surface area contributed by atoms with Crippen LogP contribution in [-0.2, 0) is 19.1 Å². The van der Waals surface area contributed by atoms with E-state index in [9.17, 15) is 14.4 Å². The molecule has 2 aromatic carbocycles. The third kappa shape index (κ3) is 5.23. The summed E-state index contributed by atoms with van der Waals surface area (Å²) < 4.78 is 6.08. The standard InChI is InChI=1S/C22H23BrN2O4/c1-13-6-14(2)8-18(7-13)25-11-16(10-21(25)27)22(28)29-12-20(26)24-19-5-4-17(23)9-15(19)3/h4-9,16H,10-12H2,1-3H3,(H,24,26)/t16-/m0/s1. The molecule has 0 bridgehead atoms. The molecule has 152 valence electrons. The maximum Gasteiger partial charge on any atom is 0.311 e. The Bertz CT molecular complexity index is 953. The van der Waals surface area contributed by atoms with E-state index in [4.69, 9.17) is 4.74 Å². The molecular formula is C22H23BrN2O4. The van der Waals surface area contributed by atoms with Gasteiger partial charge in [-0.2, -0.15) is 0 Å². The fraction of sp³-hybridized carbons (Fsp3) is 0.318. The summed E-state index contributed by atoms with van der Waals surface area (Å²) in [7, 11) is 0. The van der Waals surface area contributed by atoms with Gasteiger partial charge in [0.2, 0.25) is 5.91 Å². The molecule has 7 heteroatoms. The van der Waals surface area contributed by atoms with Crippen molar-refractivity contribution in [2.24, 2.45) is 5.92 Å². The predicted octanol–water partition coefficient (Wildman–Crippen LogP) is 3.91. The molecular weight excluding hydrogens is 436 g/mol. The van der Waals surface area contributed by atoms with Crippen LogP contribution in [-0.4, -0.2) is 30.9 Å². The van der Waals surface area contributed by atoms with Crippen molar-refractivity contribution in [1.29, 1.82) is 0 Å². The average Bonchev–Trinajstić information content (AvgIpc) is 3.03. The first-order chi connectivity index (χ1) is 13.7. The largest absolute Gasteiger partial charge is 0.455 e. The second-order valence-corrected chi connectivity index (χ2v) is 8.28. The van der Waals surface area contributed by atoms with Crippen molar-refractivity contribution in [2.75, 3.05) is 23.4 Å². The summed E-state index contributed by atoms with van der Waals surface area (Å²) in [5.74, 6) is -1.65. The van der Waals surface area contributed by atoms with E-state index < -0.39 is 17.8 Å². The van der Waals surface area contributed by atoms with Crippen molar-refractivity contribution in [3.63, 3.8) is 0 Å². The second-order valence-electron chi connectivity index (χ2n) is 7.37. The number of halogens is 1. The molecule has 1 saturated heterocycles. The first kappa shape index (κ1) is 21.0. The number of carbonyl (C=O) groups is 3. The van der Waals surface area contributed by atoms with E-state index in [1.807, 2.05) is 51.1 Å². The molecule has 1 N–H and O–H groups in total. The molecule has 0 unspecified atom stereocenters. The minimum Gasteiger partial charge on any atom is -0.455 e. The number of carbonyl (C=O) groups excluding carboxylic acids is 3. The average molecular weight is 459 g/mol. The van der Waals surface area contributed by atoms with Gasteiger partial charge in [-0.3, -0.25) is 14.4 Å². The number of benzene rings is 2.